The summed E-state index contributed by atoms with van der Waals surface area (Å²) >= 11 is 5.62. The first-order valence-electron chi connectivity index (χ1n) is 4.45. The third-order valence-electron chi connectivity index (χ3n) is 1.67. The van der Waals surface area contributed by atoms with Crippen molar-refractivity contribution in [3.05, 3.63) is 28.8 Å². The van der Waals surface area contributed by atoms with E-state index < -0.39 is 5.51 Å². The summed E-state index contributed by atoms with van der Waals surface area (Å²) in [5.74, 6) is 0.0632. The van der Waals surface area contributed by atoms with Crippen molar-refractivity contribution < 1.29 is 17.9 Å². The molecule has 2 nitrogen and oxygen atoms in total. The normalized spacial score (nSPS) is 11.0. The van der Waals surface area contributed by atoms with Gasteiger partial charge >= 0.3 is 5.51 Å². The van der Waals surface area contributed by atoms with E-state index in [1.165, 1.54) is 18.2 Å². The van der Waals surface area contributed by atoms with E-state index in [1.54, 1.807) is 0 Å². The van der Waals surface area contributed by atoms with Crippen LogP contribution in [-0.4, -0.2) is 17.9 Å². The average Bonchev–Trinajstić information content (AvgIpc) is 2.24. The van der Waals surface area contributed by atoms with E-state index in [0.29, 0.717) is 5.56 Å². The van der Waals surface area contributed by atoms with Crippen LogP contribution >= 0.6 is 23.4 Å². The Labute approximate surface area is 105 Å². The van der Waals surface area contributed by atoms with Gasteiger partial charge in [-0.15, -0.1) is 0 Å². The molecule has 0 aliphatic heterocycles. The summed E-state index contributed by atoms with van der Waals surface area (Å²) in [7, 11) is 0. The van der Waals surface area contributed by atoms with E-state index in [1.807, 2.05) is 6.07 Å². The fourth-order valence-electron chi connectivity index (χ4n) is 0.996. The van der Waals surface area contributed by atoms with Crippen LogP contribution in [0.2, 0.25) is 5.02 Å². The zero-order valence-corrected chi connectivity index (χ0v) is 9.99. The van der Waals surface area contributed by atoms with Crippen molar-refractivity contribution in [2.75, 3.05) is 12.4 Å². The first-order valence-corrected chi connectivity index (χ1v) is 5.82. The van der Waals surface area contributed by atoms with Crippen LogP contribution in [0.1, 0.15) is 5.56 Å². The highest BCUT2D eigenvalue weighted by molar-refractivity contribution is 8.00. The maximum Gasteiger partial charge on any atom is 0.441 e. The highest BCUT2D eigenvalue weighted by atomic mass is 35.5. The van der Waals surface area contributed by atoms with Crippen molar-refractivity contribution in [2.24, 2.45) is 0 Å². The van der Waals surface area contributed by atoms with Crippen LogP contribution in [0.4, 0.5) is 13.2 Å². The lowest BCUT2D eigenvalue weighted by atomic mass is 10.2. The highest BCUT2D eigenvalue weighted by Crippen LogP contribution is 2.30. The molecule has 0 atom stereocenters. The molecule has 0 aliphatic rings. The summed E-state index contributed by atoms with van der Waals surface area (Å²) in [4.78, 5) is 0. The standard InChI is InChI=1S/C10H7ClF3NOS/c11-8-5-7(6-15)1-2-9(8)16-3-4-17-10(12,13)14/h1-2,5H,3-4H2. The molecule has 1 aromatic carbocycles. The summed E-state index contributed by atoms with van der Waals surface area (Å²) in [5, 5.41) is 8.79. The second-order valence-corrected chi connectivity index (χ2v) is 4.47. The van der Waals surface area contributed by atoms with Crippen molar-refractivity contribution >= 4 is 23.4 Å². The van der Waals surface area contributed by atoms with Crippen LogP contribution < -0.4 is 4.74 Å². The first-order chi connectivity index (χ1) is 7.92. The summed E-state index contributed by atoms with van der Waals surface area (Å²) < 4.78 is 40.5. The predicted octanol–water partition coefficient (Wildman–Crippen LogP) is 3.84. The number of nitrogens with zero attached hydrogens (tertiary/aromatic N) is 1. The minimum atomic E-state index is -4.25. The molecule has 0 unspecified atom stereocenters. The van der Waals surface area contributed by atoms with Gasteiger partial charge in [-0.25, -0.2) is 0 Å². The van der Waals surface area contributed by atoms with Crippen molar-refractivity contribution in [1.29, 1.82) is 5.26 Å². The molecular weight excluding hydrogens is 275 g/mol. The largest absolute Gasteiger partial charge is 0.491 e. The van der Waals surface area contributed by atoms with Crippen LogP contribution in [-0.2, 0) is 0 Å². The number of thioether (sulfide) groups is 1. The molecule has 7 heteroatoms. The third kappa shape index (κ3) is 5.20. The lowest BCUT2D eigenvalue weighted by Crippen LogP contribution is -2.07. The van der Waals surface area contributed by atoms with Gasteiger partial charge in [0.05, 0.1) is 23.3 Å². The van der Waals surface area contributed by atoms with Crippen molar-refractivity contribution in [3.8, 4) is 11.8 Å². The maximum atomic E-state index is 11.8. The number of alkyl halides is 3. The number of hydrogen-bond acceptors (Lipinski definition) is 3. The van der Waals surface area contributed by atoms with Crippen LogP contribution in [0.15, 0.2) is 18.2 Å². The van der Waals surface area contributed by atoms with Gasteiger partial charge in [0.2, 0.25) is 0 Å². The van der Waals surface area contributed by atoms with Gasteiger partial charge in [-0.3, -0.25) is 0 Å². The summed E-state index contributed by atoms with van der Waals surface area (Å²) in [6.45, 7) is -0.101. The zero-order chi connectivity index (χ0) is 12.9. The predicted molar refractivity (Wildman–Crippen MR) is 60.2 cm³/mol. The fraction of sp³-hybridized carbons (Fsp3) is 0.300. The van der Waals surface area contributed by atoms with Crippen LogP contribution in [0.3, 0.4) is 0 Å². The lowest BCUT2D eigenvalue weighted by molar-refractivity contribution is -0.0329. The van der Waals surface area contributed by atoms with Crippen LogP contribution in [0.5, 0.6) is 5.75 Å². The number of halogens is 4. The number of nitriles is 1. The molecule has 17 heavy (non-hydrogen) atoms. The van der Waals surface area contributed by atoms with Crippen LogP contribution in [0.25, 0.3) is 0 Å². The van der Waals surface area contributed by atoms with Gasteiger partial charge in [0.1, 0.15) is 5.75 Å². The zero-order valence-electron chi connectivity index (χ0n) is 8.42. The van der Waals surface area contributed by atoms with E-state index in [2.05, 4.69) is 0 Å². The Morgan fingerprint density at radius 2 is 2.12 bits per heavy atom. The minimum absolute atomic E-state index is 0.101. The van der Waals surface area contributed by atoms with Gasteiger partial charge < -0.3 is 4.74 Å². The molecule has 0 N–H and O–H groups in total. The Kier molecular flexibility index (Phi) is 4.97. The molecule has 0 saturated carbocycles. The van der Waals surface area contributed by atoms with E-state index >= 15 is 0 Å². The van der Waals surface area contributed by atoms with Gasteiger partial charge in [-0.2, -0.15) is 18.4 Å². The smallest absolute Gasteiger partial charge is 0.441 e. The van der Waals surface area contributed by atoms with Crippen LogP contribution in [0, 0.1) is 11.3 Å². The molecule has 1 rings (SSSR count). The Balaban J connectivity index is 2.45. The molecule has 0 saturated heterocycles. The van der Waals surface area contributed by atoms with Crippen molar-refractivity contribution in [3.63, 3.8) is 0 Å². The molecule has 92 valence electrons. The Morgan fingerprint density at radius 1 is 1.41 bits per heavy atom. The third-order valence-corrected chi connectivity index (χ3v) is 2.66. The van der Waals surface area contributed by atoms with Crippen molar-refractivity contribution in [1.82, 2.24) is 0 Å². The van der Waals surface area contributed by atoms with E-state index in [9.17, 15) is 13.2 Å². The van der Waals surface area contributed by atoms with E-state index in [-0.39, 0.29) is 34.9 Å². The maximum absolute atomic E-state index is 11.8. The quantitative estimate of drug-likeness (QED) is 0.786. The molecule has 0 radical (unpaired) electrons. The summed E-state index contributed by atoms with van der Waals surface area (Å²) in [6, 6.07) is 6.23. The Bertz CT molecular complexity index is 431. The topological polar surface area (TPSA) is 33.0 Å². The van der Waals surface area contributed by atoms with Gasteiger partial charge in [0, 0.05) is 5.75 Å². The molecule has 0 bridgehead atoms. The van der Waals surface area contributed by atoms with Gasteiger partial charge in [0.15, 0.2) is 0 Å². The van der Waals surface area contributed by atoms with Gasteiger partial charge in [0.25, 0.3) is 0 Å². The molecule has 0 amide bonds. The number of benzene rings is 1. The lowest BCUT2D eigenvalue weighted by Gasteiger charge is -2.09. The highest BCUT2D eigenvalue weighted by Gasteiger charge is 2.27. The Morgan fingerprint density at radius 3 is 2.65 bits per heavy atom. The minimum Gasteiger partial charge on any atom is -0.491 e. The molecular formula is C10H7ClF3NOS. The number of hydrogen-bond donors (Lipinski definition) is 0. The SMILES string of the molecule is N#Cc1ccc(OCCSC(F)(F)F)c(Cl)c1. The molecule has 0 spiro atoms. The molecule has 0 fully saturated rings. The molecule has 0 aromatic heterocycles. The number of rotatable bonds is 4. The van der Waals surface area contributed by atoms with Crippen molar-refractivity contribution in [2.45, 2.75) is 5.51 Å². The Hall–Kier alpha value is -1.06. The summed E-state index contributed by atoms with van der Waals surface area (Å²) in [6.07, 6.45) is 0. The average molecular weight is 282 g/mol. The van der Waals surface area contributed by atoms with Gasteiger partial charge in [-0.05, 0) is 30.0 Å². The first kappa shape index (κ1) is 14.0. The monoisotopic (exact) mass is 281 g/mol. The molecule has 1 aromatic rings. The van der Waals surface area contributed by atoms with Gasteiger partial charge in [-0.1, -0.05) is 11.6 Å². The number of ether oxygens (including phenoxy) is 1. The fourth-order valence-corrected chi connectivity index (χ4v) is 1.63. The second-order valence-electron chi connectivity index (χ2n) is 2.90. The van der Waals surface area contributed by atoms with E-state index in [4.69, 9.17) is 21.6 Å². The molecule has 0 heterocycles. The van der Waals surface area contributed by atoms with E-state index in [0.717, 1.165) is 0 Å². The second kappa shape index (κ2) is 6.03. The molecule has 0 aliphatic carbocycles. The summed E-state index contributed by atoms with van der Waals surface area (Å²) in [5.41, 5.74) is -3.88.